The summed E-state index contributed by atoms with van der Waals surface area (Å²) in [7, 11) is 0. The van der Waals surface area contributed by atoms with E-state index in [1.807, 2.05) is 13.8 Å². The van der Waals surface area contributed by atoms with E-state index in [4.69, 9.17) is 0 Å². The molecule has 0 spiro atoms. The van der Waals surface area contributed by atoms with Crippen LogP contribution in [-0.4, -0.2) is 47.9 Å². The van der Waals surface area contributed by atoms with Gasteiger partial charge in [0, 0.05) is 30.7 Å². The van der Waals surface area contributed by atoms with Crippen LogP contribution in [0, 0.1) is 11.7 Å². The molecule has 0 saturated carbocycles. The fourth-order valence-corrected chi connectivity index (χ4v) is 3.27. The predicted molar refractivity (Wildman–Crippen MR) is 95.3 cm³/mol. The highest BCUT2D eigenvalue weighted by molar-refractivity contribution is 9.10. The SMILES string of the molecule is CCN(CC)C(=O)C1CCCN(C(=O)Nc2ccc(Br)cc2F)C1. The van der Waals surface area contributed by atoms with Crippen molar-refractivity contribution in [1.82, 2.24) is 9.80 Å². The van der Waals surface area contributed by atoms with E-state index >= 15 is 0 Å². The van der Waals surface area contributed by atoms with Crippen LogP contribution in [0.1, 0.15) is 26.7 Å². The van der Waals surface area contributed by atoms with Crippen LogP contribution in [0.4, 0.5) is 14.9 Å². The Balaban J connectivity index is 2.01. The van der Waals surface area contributed by atoms with Crippen LogP contribution in [0.3, 0.4) is 0 Å². The van der Waals surface area contributed by atoms with Crippen LogP contribution in [0.5, 0.6) is 0 Å². The molecule has 132 valence electrons. The van der Waals surface area contributed by atoms with Crippen molar-refractivity contribution in [3.8, 4) is 0 Å². The fourth-order valence-electron chi connectivity index (χ4n) is 2.94. The molecule has 5 nitrogen and oxygen atoms in total. The van der Waals surface area contributed by atoms with Crippen LogP contribution in [0.15, 0.2) is 22.7 Å². The van der Waals surface area contributed by atoms with Crippen molar-refractivity contribution >= 4 is 33.6 Å². The van der Waals surface area contributed by atoms with Crippen molar-refractivity contribution in [2.75, 3.05) is 31.5 Å². The highest BCUT2D eigenvalue weighted by Crippen LogP contribution is 2.22. The first kappa shape index (κ1) is 18.7. The third kappa shape index (κ3) is 4.47. The Kier molecular flexibility index (Phi) is 6.60. The number of urea groups is 1. The molecule has 1 aliphatic rings. The Labute approximate surface area is 150 Å². The molecule has 1 aliphatic heterocycles. The molecule has 7 heteroatoms. The van der Waals surface area contributed by atoms with Crippen molar-refractivity contribution in [1.29, 1.82) is 0 Å². The number of benzene rings is 1. The quantitative estimate of drug-likeness (QED) is 0.838. The van der Waals surface area contributed by atoms with E-state index in [0.29, 0.717) is 30.7 Å². The summed E-state index contributed by atoms with van der Waals surface area (Å²) in [5, 5.41) is 2.59. The smallest absolute Gasteiger partial charge is 0.321 e. The number of anilines is 1. The molecule has 0 aromatic heterocycles. The van der Waals surface area contributed by atoms with E-state index in [2.05, 4.69) is 21.2 Å². The minimum absolute atomic E-state index is 0.0901. The first-order valence-corrected chi connectivity index (χ1v) is 9.05. The molecule has 1 atom stereocenters. The molecule has 1 fully saturated rings. The lowest BCUT2D eigenvalue weighted by Crippen LogP contribution is -2.48. The van der Waals surface area contributed by atoms with E-state index < -0.39 is 5.82 Å². The van der Waals surface area contributed by atoms with Crippen LogP contribution in [0.25, 0.3) is 0 Å². The lowest BCUT2D eigenvalue weighted by atomic mass is 9.96. The molecular weight excluding hydrogens is 377 g/mol. The number of hydrogen-bond donors (Lipinski definition) is 1. The molecular formula is C17H23BrFN3O2. The van der Waals surface area contributed by atoms with Crippen LogP contribution in [-0.2, 0) is 4.79 Å². The normalized spacial score (nSPS) is 17.5. The summed E-state index contributed by atoms with van der Waals surface area (Å²) < 4.78 is 14.5. The van der Waals surface area contributed by atoms with Gasteiger partial charge in [0.05, 0.1) is 11.6 Å². The van der Waals surface area contributed by atoms with Gasteiger partial charge in [-0.05, 0) is 44.9 Å². The zero-order valence-electron chi connectivity index (χ0n) is 14.0. The molecule has 0 bridgehead atoms. The maximum atomic E-state index is 13.9. The summed E-state index contributed by atoms with van der Waals surface area (Å²) >= 11 is 3.18. The molecule has 2 rings (SSSR count). The van der Waals surface area contributed by atoms with Crippen molar-refractivity contribution in [3.63, 3.8) is 0 Å². The minimum atomic E-state index is -0.495. The molecule has 1 unspecified atom stereocenters. The summed E-state index contributed by atoms with van der Waals surface area (Å²) in [5.41, 5.74) is 0.139. The topological polar surface area (TPSA) is 52.7 Å². The fraction of sp³-hybridized carbons (Fsp3) is 0.529. The van der Waals surface area contributed by atoms with Gasteiger partial charge in [0.25, 0.3) is 0 Å². The zero-order valence-corrected chi connectivity index (χ0v) is 15.6. The van der Waals surface area contributed by atoms with Crippen molar-refractivity contribution < 1.29 is 14.0 Å². The van der Waals surface area contributed by atoms with Crippen LogP contribution >= 0.6 is 15.9 Å². The monoisotopic (exact) mass is 399 g/mol. The summed E-state index contributed by atoms with van der Waals surface area (Å²) in [6.45, 7) is 6.19. The Morgan fingerprint density at radius 3 is 2.71 bits per heavy atom. The maximum absolute atomic E-state index is 13.9. The van der Waals surface area contributed by atoms with E-state index in [9.17, 15) is 14.0 Å². The van der Waals surface area contributed by atoms with Crippen molar-refractivity contribution in [2.24, 2.45) is 5.92 Å². The number of halogens is 2. The van der Waals surface area contributed by atoms with Gasteiger partial charge in [0.1, 0.15) is 5.82 Å². The number of piperidine rings is 1. The highest BCUT2D eigenvalue weighted by Gasteiger charge is 2.30. The first-order valence-electron chi connectivity index (χ1n) is 8.26. The van der Waals surface area contributed by atoms with Crippen LogP contribution in [0.2, 0.25) is 0 Å². The Morgan fingerprint density at radius 2 is 2.08 bits per heavy atom. The Bertz CT molecular complexity index is 607. The van der Waals surface area contributed by atoms with Gasteiger partial charge in [0.15, 0.2) is 0 Å². The molecule has 1 aromatic rings. The third-order valence-electron chi connectivity index (χ3n) is 4.31. The minimum Gasteiger partial charge on any atom is -0.343 e. The zero-order chi connectivity index (χ0) is 17.7. The molecule has 1 heterocycles. The van der Waals surface area contributed by atoms with Gasteiger partial charge in [-0.1, -0.05) is 15.9 Å². The average molecular weight is 400 g/mol. The number of amides is 3. The maximum Gasteiger partial charge on any atom is 0.321 e. The Morgan fingerprint density at radius 1 is 1.38 bits per heavy atom. The standard InChI is InChI=1S/C17H23BrFN3O2/c1-3-21(4-2)16(23)12-6-5-9-22(11-12)17(24)20-15-8-7-13(18)10-14(15)19/h7-8,10,12H,3-6,9,11H2,1-2H3,(H,20,24). The summed E-state index contributed by atoms with van der Waals surface area (Å²) in [5.74, 6) is -0.586. The van der Waals surface area contributed by atoms with Gasteiger partial charge in [0.2, 0.25) is 5.91 Å². The first-order chi connectivity index (χ1) is 11.5. The second kappa shape index (κ2) is 8.46. The lowest BCUT2D eigenvalue weighted by molar-refractivity contribution is -0.136. The summed E-state index contributed by atoms with van der Waals surface area (Å²) in [6, 6.07) is 4.12. The van der Waals surface area contributed by atoms with Crippen molar-refractivity contribution in [3.05, 3.63) is 28.5 Å². The van der Waals surface area contributed by atoms with E-state index in [1.165, 1.54) is 12.1 Å². The van der Waals surface area contributed by atoms with E-state index in [0.717, 1.165) is 12.8 Å². The molecule has 24 heavy (non-hydrogen) atoms. The molecule has 1 aromatic carbocycles. The third-order valence-corrected chi connectivity index (χ3v) is 4.80. The van der Waals surface area contributed by atoms with Crippen molar-refractivity contribution in [2.45, 2.75) is 26.7 Å². The Hall–Kier alpha value is -1.63. The second-order valence-corrected chi connectivity index (χ2v) is 6.77. The van der Waals surface area contributed by atoms with Gasteiger partial charge >= 0.3 is 6.03 Å². The van der Waals surface area contributed by atoms with E-state index in [1.54, 1.807) is 15.9 Å². The van der Waals surface area contributed by atoms with Gasteiger partial charge in [-0.3, -0.25) is 4.79 Å². The predicted octanol–water partition coefficient (Wildman–Crippen LogP) is 3.70. The van der Waals surface area contributed by atoms with Gasteiger partial charge in [-0.25, -0.2) is 9.18 Å². The highest BCUT2D eigenvalue weighted by atomic mass is 79.9. The number of nitrogens with one attached hydrogen (secondary N) is 1. The second-order valence-electron chi connectivity index (χ2n) is 5.85. The number of likely N-dealkylation sites (tertiary alicyclic amines) is 1. The van der Waals surface area contributed by atoms with E-state index in [-0.39, 0.29) is 23.5 Å². The number of carbonyl (C=O) groups excluding carboxylic acids is 2. The number of nitrogens with zero attached hydrogens (tertiary/aromatic N) is 2. The molecule has 0 radical (unpaired) electrons. The average Bonchev–Trinajstić information content (AvgIpc) is 2.58. The van der Waals surface area contributed by atoms with Gasteiger partial charge in [-0.15, -0.1) is 0 Å². The summed E-state index contributed by atoms with van der Waals surface area (Å²) in [4.78, 5) is 28.3. The molecule has 1 N–H and O–H groups in total. The summed E-state index contributed by atoms with van der Waals surface area (Å²) in [6.07, 6.45) is 1.56. The number of rotatable bonds is 4. The number of carbonyl (C=O) groups is 2. The van der Waals surface area contributed by atoms with Gasteiger partial charge < -0.3 is 15.1 Å². The lowest BCUT2D eigenvalue weighted by Gasteiger charge is -2.34. The largest absolute Gasteiger partial charge is 0.343 e. The molecule has 0 aliphatic carbocycles. The van der Waals surface area contributed by atoms with Gasteiger partial charge in [-0.2, -0.15) is 0 Å². The van der Waals surface area contributed by atoms with Crippen LogP contribution < -0.4 is 5.32 Å². The molecule has 1 saturated heterocycles. The number of hydrogen-bond acceptors (Lipinski definition) is 2. The molecule has 3 amide bonds.